The van der Waals surface area contributed by atoms with Crippen LogP contribution in [0.5, 0.6) is 0 Å². The summed E-state index contributed by atoms with van der Waals surface area (Å²) in [6.07, 6.45) is 4.79. The maximum absolute atomic E-state index is 13.0. The molecule has 0 spiro atoms. The summed E-state index contributed by atoms with van der Waals surface area (Å²) in [5, 5.41) is 0. The first kappa shape index (κ1) is 25.2. The Hall–Kier alpha value is -0.800. The van der Waals surface area contributed by atoms with Crippen molar-refractivity contribution < 1.29 is 18.0 Å². The van der Waals surface area contributed by atoms with Crippen LogP contribution in [0.4, 0.5) is 13.2 Å². The van der Waals surface area contributed by atoms with Crippen LogP contribution in [0.25, 0.3) is 0 Å². The molecular formula is C22H39F3O. The summed E-state index contributed by atoms with van der Waals surface area (Å²) in [5.41, 5.74) is -0.521. The number of carbonyl (C=O) groups is 1. The van der Waals surface area contributed by atoms with E-state index in [1.54, 1.807) is 13.0 Å². The predicted octanol–water partition coefficient (Wildman–Crippen LogP) is 7.89. The van der Waals surface area contributed by atoms with E-state index in [1.807, 2.05) is 6.92 Å². The minimum atomic E-state index is -4.21. The zero-order valence-electron chi connectivity index (χ0n) is 17.3. The highest BCUT2D eigenvalue weighted by molar-refractivity contribution is 5.85. The Morgan fingerprint density at radius 3 is 2.04 bits per heavy atom. The minimum absolute atomic E-state index is 0.00602. The van der Waals surface area contributed by atoms with Crippen LogP contribution < -0.4 is 0 Å². The van der Waals surface area contributed by atoms with Crippen LogP contribution in [-0.4, -0.2) is 12.0 Å². The standard InChI is InChI=1S/C22H39F3O/c1-6-15-21(16-7-2,17-11-12-18(8-3)9-4)20(26)14-13-19(10-5)22(23,24)25/h6,18-19H,1,7-17H2,2-5H3. The Labute approximate surface area is 158 Å². The summed E-state index contributed by atoms with van der Waals surface area (Å²) in [7, 11) is 0. The van der Waals surface area contributed by atoms with Crippen molar-refractivity contribution in [2.45, 2.75) is 105 Å². The van der Waals surface area contributed by atoms with E-state index in [1.165, 1.54) is 0 Å². The fourth-order valence-corrected chi connectivity index (χ4v) is 4.07. The van der Waals surface area contributed by atoms with Gasteiger partial charge in [-0.1, -0.05) is 65.9 Å². The molecule has 0 fully saturated rings. The lowest BCUT2D eigenvalue weighted by Gasteiger charge is -2.33. The molecule has 0 saturated heterocycles. The van der Waals surface area contributed by atoms with Crippen LogP contribution in [0.2, 0.25) is 0 Å². The van der Waals surface area contributed by atoms with Gasteiger partial charge in [-0.25, -0.2) is 0 Å². The van der Waals surface area contributed by atoms with Gasteiger partial charge in [-0.05, 0) is 38.0 Å². The summed E-state index contributed by atoms with van der Waals surface area (Å²) < 4.78 is 39.0. The number of Topliss-reactive ketones (excluding diaryl/α,β-unsaturated/α-hetero) is 1. The van der Waals surface area contributed by atoms with E-state index in [-0.39, 0.29) is 25.0 Å². The SMILES string of the molecule is C=CCC(CCC)(CCCC(CC)CC)C(=O)CCC(CC)C(F)(F)F. The topological polar surface area (TPSA) is 17.1 Å². The number of halogens is 3. The van der Waals surface area contributed by atoms with E-state index in [9.17, 15) is 18.0 Å². The second-order valence-electron chi connectivity index (χ2n) is 7.71. The fraction of sp³-hybridized carbons (Fsp3) is 0.864. The number of hydrogen-bond donors (Lipinski definition) is 0. The fourth-order valence-electron chi connectivity index (χ4n) is 4.07. The zero-order chi connectivity index (χ0) is 20.2. The van der Waals surface area contributed by atoms with Crippen LogP contribution in [-0.2, 0) is 4.79 Å². The number of alkyl halides is 3. The quantitative estimate of drug-likeness (QED) is 0.265. The Morgan fingerprint density at radius 2 is 1.62 bits per heavy atom. The predicted molar refractivity (Wildman–Crippen MR) is 104 cm³/mol. The molecular weight excluding hydrogens is 337 g/mol. The summed E-state index contributed by atoms with van der Waals surface area (Å²) in [5.74, 6) is -0.701. The Bertz CT molecular complexity index is 399. The van der Waals surface area contributed by atoms with Gasteiger partial charge in [0.2, 0.25) is 0 Å². The van der Waals surface area contributed by atoms with Gasteiger partial charge in [0.15, 0.2) is 0 Å². The van der Waals surface area contributed by atoms with Crippen molar-refractivity contribution >= 4 is 5.78 Å². The lowest BCUT2D eigenvalue weighted by Crippen LogP contribution is -2.32. The van der Waals surface area contributed by atoms with Gasteiger partial charge < -0.3 is 0 Å². The summed E-state index contributed by atoms with van der Waals surface area (Å²) in [4.78, 5) is 13.0. The van der Waals surface area contributed by atoms with E-state index in [2.05, 4.69) is 20.4 Å². The van der Waals surface area contributed by atoms with Crippen LogP contribution >= 0.6 is 0 Å². The average molecular weight is 377 g/mol. The maximum Gasteiger partial charge on any atom is 0.391 e. The summed E-state index contributed by atoms with van der Waals surface area (Å²) in [6.45, 7) is 11.8. The highest BCUT2D eigenvalue weighted by atomic mass is 19.4. The molecule has 0 aromatic rings. The molecule has 0 saturated carbocycles. The molecule has 0 N–H and O–H groups in total. The molecule has 0 aromatic heterocycles. The zero-order valence-corrected chi connectivity index (χ0v) is 17.3. The molecule has 0 bridgehead atoms. The molecule has 26 heavy (non-hydrogen) atoms. The van der Waals surface area contributed by atoms with Crippen molar-refractivity contribution in [2.24, 2.45) is 17.3 Å². The Morgan fingerprint density at radius 1 is 1.00 bits per heavy atom. The molecule has 0 aliphatic heterocycles. The molecule has 1 nitrogen and oxygen atoms in total. The van der Waals surface area contributed by atoms with E-state index in [0.717, 1.165) is 44.9 Å². The third-order valence-corrected chi connectivity index (χ3v) is 5.95. The van der Waals surface area contributed by atoms with Gasteiger partial charge in [-0.15, -0.1) is 6.58 Å². The molecule has 0 aliphatic rings. The number of carbonyl (C=O) groups excluding carboxylic acids is 1. The monoisotopic (exact) mass is 376 g/mol. The molecule has 154 valence electrons. The maximum atomic E-state index is 13.0. The first-order valence-electron chi connectivity index (χ1n) is 10.4. The van der Waals surface area contributed by atoms with Crippen molar-refractivity contribution in [1.29, 1.82) is 0 Å². The van der Waals surface area contributed by atoms with Crippen molar-refractivity contribution in [2.75, 3.05) is 0 Å². The van der Waals surface area contributed by atoms with Crippen LogP contribution in [0.15, 0.2) is 12.7 Å². The Kier molecular flexibility index (Phi) is 12.2. The highest BCUT2D eigenvalue weighted by Gasteiger charge is 2.40. The van der Waals surface area contributed by atoms with E-state index >= 15 is 0 Å². The molecule has 0 radical (unpaired) electrons. The van der Waals surface area contributed by atoms with Gasteiger partial charge >= 0.3 is 6.18 Å². The van der Waals surface area contributed by atoms with Crippen LogP contribution in [0, 0.1) is 17.3 Å². The van der Waals surface area contributed by atoms with E-state index in [4.69, 9.17) is 0 Å². The lowest BCUT2D eigenvalue weighted by molar-refractivity contribution is -0.177. The van der Waals surface area contributed by atoms with Gasteiger partial charge in [-0.3, -0.25) is 4.79 Å². The molecule has 0 heterocycles. The largest absolute Gasteiger partial charge is 0.391 e. The van der Waals surface area contributed by atoms with Crippen LogP contribution in [0.3, 0.4) is 0 Å². The molecule has 0 aliphatic carbocycles. The first-order valence-corrected chi connectivity index (χ1v) is 10.4. The van der Waals surface area contributed by atoms with Gasteiger partial charge in [0, 0.05) is 11.8 Å². The molecule has 4 heteroatoms. The van der Waals surface area contributed by atoms with Crippen molar-refractivity contribution in [3.63, 3.8) is 0 Å². The summed E-state index contributed by atoms with van der Waals surface area (Å²) in [6, 6.07) is 0. The lowest BCUT2D eigenvalue weighted by atomic mass is 9.70. The third kappa shape index (κ3) is 8.26. The van der Waals surface area contributed by atoms with Gasteiger partial charge in [-0.2, -0.15) is 13.2 Å². The molecule has 2 atom stereocenters. The van der Waals surface area contributed by atoms with Gasteiger partial charge in [0.1, 0.15) is 5.78 Å². The second-order valence-corrected chi connectivity index (χ2v) is 7.71. The molecule has 0 amide bonds. The molecule has 0 rings (SSSR count). The van der Waals surface area contributed by atoms with Gasteiger partial charge in [0.05, 0.1) is 5.92 Å². The van der Waals surface area contributed by atoms with Gasteiger partial charge in [0.25, 0.3) is 0 Å². The number of ketones is 1. The van der Waals surface area contributed by atoms with Crippen molar-refractivity contribution in [1.82, 2.24) is 0 Å². The average Bonchev–Trinajstić information content (AvgIpc) is 2.58. The third-order valence-electron chi connectivity index (χ3n) is 5.95. The second kappa shape index (κ2) is 12.6. The number of rotatable bonds is 15. The molecule has 0 aromatic carbocycles. The summed E-state index contributed by atoms with van der Waals surface area (Å²) >= 11 is 0. The molecule has 2 unspecified atom stereocenters. The van der Waals surface area contributed by atoms with E-state index < -0.39 is 17.5 Å². The van der Waals surface area contributed by atoms with Crippen molar-refractivity contribution in [3.8, 4) is 0 Å². The minimum Gasteiger partial charge on any atom is -0.299 e. The first-order chi connectivity index (χ1) is 12.2. The normalized spacial score (nSPS) is 15.7. The smallest absolute Gasteiger partial charge is 0.299 e. The van der Waals surface area contributed by atoms with E-state index in [0.29, 0.717) is 12.3 Å². The number of hydrogen-bond acceptors (Lipinski definition) is 1. The van der Waals surface area contributed by atoms with Crippen LogP contribution in [0.1, 0.15) is 98.3 Å². The Balaban J connectivity index is 5.07. The van der Waals surface area contributed by atoms with Crippen molar-refractivity contribution in [3.05, 3.63) is 12.7 Å². The highest BCUT2D eigenvalue weighted by Crippen LogP contribution is 2.40. The number of allylic oxidation sites excluding steroid dienone is 1.